The van der Waals surface area contributed by atoms with Gasteiger partial charge in [-0.15, -0.1) is 0 Å². The van der Waals surface area contributed by atoms with Crippen LogP contribution in [0.5, 0.6) is 0 Å². The molecule has 0 bridgehead atoms. The number of aromatic carboxylic acids is 1. The number of carboxylic acids is 1. The molecule has 2 rings (SSSR count). The summed E-state index contributed by atoms with van der Waals surface area (Å²) in [5.41, 5.74) is 6.93. The molecule has 17 heavy (non-hydrogen) atoms. The number of hydrogen-bond donors (Lipinski definition) is 2. The van der Waals surface area contributed by atoms with Crippen LogP contribution in [0.15, 0.2) is 24.3 Å². The Hall–Kier alpha value is -1.39. The Labute approximate surface area is 101 Å². The van der Waals surface area contributed by atoms with Crippen LogP contribution < -0.4 is 5.73 Å². The maximum Gasteiger partial charge on any atom is 0.336 e. The molecule has 4 heteroatoms. The van der Waals surface area contributed by atoms with Gasteiger partial charge < -0.3 is 10.8 Å². The summed E-state index contributed by atoms with van der Waals surface area (Å²) < 4.78 is 0. The normalized spacial score (nSPS) is 20.6. The number of rotatable bonds is 4. The van der Waals surface area contributed by atoms with E-state index in [1.807, 2.05) is 12.1 Å². The van der Waals surface area contributed by atoms with Crippen molar-refractivity contribution in [1.29, 1.82) is 0 Å². The third-order valence-corrected chi connectivity index (χ3v) is 3.33. The average molecular weight is 234 g/mol. The van der Waals surface area contributed by atoms with Gasteiger partial charge in [0.1, 0.15) is 0 Å². The van der Waals surface area contributed by atoms with Crippen molar-refractivity contribution in [1.82, 2.24) is 4.90 Å². The largest absolute Gasteiger partial charge is 0.478 e. The van der Waals surface area contributed by atoms with Crippen molar-refractivity contribution < 1.29 is 9.90 Å². The zero-order valence-corrected chi connectivity index (χ0v) is 9.80. The first-order valence-corrected chi connectivity index (χ1v) is 6.00. The van der Waals surface area contributed by atoms with E-state index in [9.17, 15) is 9.90 Å². The molecule has 1 aromatic rings. The highest BCUT2D eigenvalue weighted by Crippen LogP contribution is 2.33. The summed E-state index contributed by atoms with van der Waals surface area (Å²) in [4.78, 5) is 13.5. The minimum absolute atomic E-state index is 0.214. The molecule has 4 nitrogen and oxygen atoms in total. The molecule has 0 aliphatic carbocycles. The van der Waals surface area contributed by atoms with Crippen molar-refractivity contribution >= 4 is 5.97 Å². The van der Waals surface area contributed by atoms with Crippen LogP contribution in [-0.4, -0.2) is 35.6 Å². The molecule has 0 amide bonds. The second-order valence-electron chi connectivity index (χ2n) is 4.38. The van der Waals surface area contributed by atoms with Crippen LogP contribution in [0.3, 0.4) is 0 Å². The van der Waals surface area contributed by atoms with Gasteiger partial charge in [0, 0.05) is 19.1 Å². The average Bonchev–Trinajstić information content (AvgIpc) is 2.77. The molecule has 1 aromatic carbocycles. The van der Waals surface area contributed by atoms with E-state index in [0.29, 0.717) is 12.1 Å². The molecule has 0 aromatic heterocycles. The van der Waals surface area contributed by atoms with E-state index in [0.717, 1.165) is 31.5 Å². The summed E-state index contributed by atoms with van der Waals surface area (Å²) in [6, 6.07) is 7.49. The van der Waals surface area contributed by atoms with E-state index in [-0.39, 0.29) is 6.04 Å². The molecule has 1 aliphatic rings. The molecule has 0 radical (unpaired) electrons. The smallest absolute Gasteiger partial charge is 0.336 e. The molecule has 3 N–H and O–H groups in total. The lowest BCUT2D eigenvalue weighted by atomic mass is 9.98. The van der Waals surface area contributed by atoms with E-state index in [2.05, 4.69) is 4.90 Å². The third kappa shape index (κ3) is 2.48. The maximum absolute atomic E-state index is 11.2. The molecule has 1 heterocycles. The zero-order valence-electron chi connectivity index (χ0n) is 9.80. The SMILES string of the molecule is NCCN1CCCC1c1ccccc1C(=O)O. The molecule has 1 fully saturated rings. The number of carbonyl (C=O) groups is 1. The highest BCUT2D eigenvalue weighted by atomic mass is 16.4. The number of benzene rings is 1. The van der Waals surface area contributed by atoms with Gasteiger partial charge in [-0.3, -0.25) is 4.90 Å². The quantitative estimate of drug-likeness (QED) is 0.828. The Kier molecular flexibility index (Phi) is 3.76. The lowest BCUT2D eigenvalue weighted by molar-refractivity contribution is 0.0693. The van der Waals surface area contributed by atoms with Crippen molar-refractivity contribution in [3.05, 3.63) is 35.4 Å². The van der Waals surface area contributed by atoms with Crippen molar-refractivity contribution in [2.75, 3.05) is 19.6 Å². The van der Waals surface area contributed by atoms with Gasteiger partial charge in [-0.1, -0.05) is 18.2 Å². The van der Waals surface area contributed by atoms with Crippen LogP contribution in [0.1, 0.15) is 34.8 Å². The Morgan fingerprint density at radius 2 is 2.24 bits per heavy atom. The van der Waals surface area contributed by atoms with E-state index in [4.69, 9.17) is 5.73 Å². The minimum atomic E-state index is -0.847. The van der Waals surface area contributed by atoms with Gasteiger partial charge in [0.05, 0.1) is 5.56 Å². The monoisotopic (exact) mass is 234 g/mol. The van der Waals surface area contributed by atoms with Crippen LogP contribution in [0, 0.1) is 0 Å². The predicted octanol–water partition coefficient (Wildman–Crippen LogP) is 1.48. The third-order valence-electron chi connectivity index (χ3n) is 3.33. The van der Waals surface area contributed by atoms with Crippen LogP contribution >= 0.6 is 0 Å². The first-order valence-electron chi connectivity index (χ1n) is 6.00. The van der Waals surface area contributed by atoms with Gasteiger partial charge in [-0.2, -0.15) is 0 Å². The molecule has 1 aliphatic heterocycles. The number of nitrogens with zero attached hydrogens (tertiary/aromatic N) is 1. The number of carboxylic acid groups (broad SMARTS) is 1. The Morgan fingerprint density at radius 1 is 1.47 bits per heavy atom. The summed E-state index contributed by atoms with van der Waals surface area (Å²) in [7, 11) is 0. The summed E-state index contributed by atoms with van der Waals surface area (Å²) in [6.07, 6.45) is 2.13. The van der Waals surface area contributed by atoms with Crippen LogP contribution in [0.4, 0.5) is 0 Å². The van der Waals surface area contributed by atoms with Gasteiger partial charge in [-0.05, 0) is 31.0 Å². The van der Waals surface area contributed by atoms with Crippen LogP contribution in [0.2, 0.25) is 0 Å². The molecular weight excluding hydrogens is 216 g/mol. The van der Waals surface area contributed by atoms with Crippen molar-refractivity contribution in [2.24, 2.45) is 5.73 Å². The van der Waals surface area contributed by atoms with Gasteiger partial charge >= 0.3 is 5.97 Å². The summed E-state index contributed by atoms with van der Waals surface area (Å²) in [5.74, 6) is -0.847. The second-order valence-corrected chi connectivity index (χ2v) is 4.38. The first-order chi connectivity index (χ1) is 8.24. The molecule has 1 saturated heterocycles. The number of hydrogen-bond acceptors (Lipinski definition) is 3. The van der Waals surface area contributed by atoms with E-state index in [1.54, 1.807) is 12.1 Å². The Bertz CT molecular complexity index is 406. The van der Waals surface area contributed by atoms with Crippen molar-refractivity contribution in [2.45, 2.75) is 18.9 Å². The summed E-state index contributed by atoms with van der Waals surface area (Å²) in [6.45, 7) is 2.46. The molecule has 0 spiro atoms. The van der Waals surface area contributed by atoms with Crippen molar-refractivity contribution in [3.63, 3.8) is 0 Å². The zero-order chi connectivity index (χ0) is 12.3. The number of nitrogens with two attached hydrogens (primary N) is 1. The van der Waals surface area contributed by atoms with Crippen LogP contribution in [0.25, 0.3) is 0 Å². The Morgan fingerprint density at radius 3 is 2.94 bits per heavy atom. The lowest BCUT2D eigenvalue weighted by Crippen LogP contribution is -2.29. The predicted molar refractivity (Wildman–Crippen MR) is 66.0 cm³/mol. The fraction of sp³-hybridized carbons (Fsp3) is 0.462. The summed E-state index contributed by atoms with van der Waals surface area (Å²) >= 11 is 0. The molecular formula is C13H18N2O2. The number of likely N-dealkylation sites (tertiary alicyclic amines) is 1. The van der Waals surface area contributed by atoms with Crippen LogP contribution in [-0.2, 0) is 0 Å². The molecule has 1 atom stereocenters. The van der Waals surface area contributed by atoms with E-state index >= 15 is 0 Å². The fourth-order valence-electron chi connectivity index (χ4n) is 2.59. The standard InChI is InChI=1S/C13H18N2O2/c14-7-9-15-8-3-6-12(15)10-4-1-2-5-11(10)13(16)17/h1-2,4-5,12H,3,6-9,14H2,(H,16,17). The van der Waals surface area contributed by atoms with E-state index in [1.165, 1.54) is 0 Å². The highest BCUT2D eigenvalue weighted by Gasteiger charge is 2.28. The highest BCUT2D eigenvalue weighted by molar-refractivity contribution is 5.89. The van der Waals surface area contributed by atoms with Gasteiger partial charge in [0.15, 0.2) is 0 Å². The molecule has 0 saturated carbocycles. The summed E-state index contributed by atoms with van der Waals surface area (Å²) in [5, 5.41) is 9.20. The Balaban J connectivity index is 2.29. The minimum Gasteiger partial charge on any atom is -0.478 e. The maximum atomic E-state index is 11.2. The van der Waals surface area contributed by atoms with Crippen molar-refractivity contribution in [3.8, 4) is 0 Å². The molecule has 1 unspecified atom stereocenters. The van der Waals surface area contributed by atoms with E-state index < -0.39 is 5.97 Å². The lowest BCUT2D eigenvalue weighted by Gasteiger charge is -2.25. The first kappa shape index (κ1) is 12.1. The fourth-order valence-corrected chi connectivity index (χ4v) is 2.59. The molecule has 92 valence electrons. The van der Waals surface area contributed by atoms with Gasteiger partial charge in [-0.25, -0.2) is 4.79 Å². The van der Waals surface area contributed by atoms with Gasteiger partial charge in [0.25, 0.3) is 0 Å². The van der Waals surface area contributed by atoms with Gasteiger partial charge in [0.2, 0.25) is 0 Å². The topological polar surface area (TPSA) is 66.6 Å². The second kappa shape index (κ2) is 5.29.